The molecule has 0 spiro atoms. The maximum Gasteiger partial charge on any atom is 0.419 e. The molecule has 102 valence electrons. The lowest BCUT2D eigenvalue weighted by Gasteiger charge is -2.13. The van der Waals surface area contributed by atoms with Gasteiger partial charge >= 0.3 is 6.18 Å². The Balaban J connectivity index is 3.24. The van der Waals surface area contributed by atoms with E-state index in [-0.39, 0.29) is 11.5 Å². The lowest BCUT2D eigenvalue weighted by atomic mass is 9.88. The molecular weight excluding hydrogens is 262 g/mol. The number of carbonyl (C=O) groups is 1. The molecule has 19 heavy (non-hydrogen) atoms. The van der Waals surface area contributed by atoms with Crippen molar-refractivity contribution in [3.63, 3.8) is 0 Å². The summed E-state index contributed by atoms with van der Waals surface area (Å²) in [5.74, 6) is -3.56. The van der Waals surface area contributed by atoms with E-state index >= 15 is 0 Å². The Hall–Kier alpha value is -1.90. The van der Waals surface area contributed by atoms with E-state index in [0.29, 0.717) is 12.1 Å². The molecule has 1 unspecified atom stereocenters. The molecule has 0 radical (unpaired) electrons. The summed E-state index contributed by atoms with van der Waals surface area (Å²) in [6.45, 7) is 3.22. The van der Waals surface area contributed by atoms with Crippen molar-refractivity contribution in [2.45, 2.75) is 20.0 Å². The van der Waals surface area contributed by atoms with Gasteiger partial charge in [0.15, 0.2) is 5.78 Å². The van der Waals surface area contributed by atoms with Crippen LogP contribution >= 0.6 is 0 Å². The Morgan fingerprint density at radius 3 is 2.32 bits per heavy atom. The largest absolute Gasteiger partial charge is 0.419 e. The molecule has 0 aromatic heterocycles. The third-order valence-electron chi connectivity index (χ3n) is 2.64. The van der Waals surface area contributed by atoms with Gasteiger partial charge in [-0.25, -0.2) is 4.39 Å². The molecule has 0 saturated carbocycles. The highest BCUT2D eigenvalue weighted by Crippen LogP contribution is 2.32. The predicted molar refractivity (Wildman–Crippen MR) is 59.7 cm³/mol. The van der Waals surface area contributed by atoms with Crippen LogP contribution in [0, 0.1) is 29.0 Å². The lowest BCUT2D eigenvalue weighted by molar-refractivity contribution is -0.140. The summed E-state index contributed by atoms with van der Waals surface area (Å²) in [4.78, 5) is 11.9. The van der Waals surface area contributed by atoms with E-state index in [4.69, 9.17) is 5.26 Å². The molecule has 0 heterocycles. The summed E-state index contributed by atoms with van der Waals surface area (Å²) in [5.41, 5.74) is -1.81. The smallest absolute Gasteiger partial charge is 0.293 e. The van der Waals surface area contributed by atoms with Crippen LogP contribution in [-0.2, 0) is 6.18 Å². The minimum atomic E-state index is -4.87. The number of nitrogens with zero attached hydrogens (tertiary/aromatic N) is 1. The van der Waals surface area contributed by atoms with Crippen molar-refractivity contribution < 1.29 is 22.4 Å². The molecule has 2 nitrogen and oxygen atoms in total. The molecule has 0 fully saturated rings. The predicted octanol–water partition coefficient (Wildman–Crippen LogP) is 3.82. The first-order valence-electron chi connectivity index (χ1n) is 5.49. The van der Waals surface area contributed by atoms with Crippen LogP contribution in [0.5, 0.6) is 0 Å². The van der Waals surface area contributed by atoms with E-state index in [1.165, 1.54) is 0 Å². The molecule has 1 rings (SSSR count). The van der Waals surface area contributed by atoms with Crippen LogP contribution in [0.15, 0.2) is 18.2 Å². The zero-order valence-corrected chi connectivity index (χ0v) is 10.3. The average Bonchev–Trinajstić information content (AvgIpc) is 2.28. The molecule has 0 amide bonds. The molecule has 6 heteroatoms. The highest BCUT2D eigenvalue weighted by Gasteiger charge is 2.35. The second-order valence-electron chi connectivity index (χ2n) is 4.41. The molecule has 0 aliphatic heterocycles. The fraction of sp³-hybridized carbons (Fsp3) is 0.385. The maximum atomic E-state index is 13.1. The number of rotatable bonds is 3. The Bertz CT molecular complexity index is 528. The van der Waals surface area contributed by atoms with Crippen LogP contribution in [0.2, 0.25) is 0 Å². The normalized spacial score (nSPS) is 13.2. The van der Waals surface area contributed by atoms with Gasteiger partial charge in [0.1, 0.15) is 11.7 Å². The Kier molecular flexibility index (Phi) is 4.30. The van der Waals surface area contributed by atoms with Gasteiger partial charge in [-0.05, 0) is 24.1 Å². The Labute approximate surface area is 107 Å². The number of alkyl halides is 3. The van der Waals surface area contributed by atoms with E-state index in [2.05, 4.69) is 0 Å². The van der Waals surface area contributed by atoms with Crippen LogP contribution in [0.3, 0.4) is 0 Å². The summed E-state index contributed by atoms with van der Waals surface area (Å²) in [7, 11) is 0. The zero-order valence-electron chi connectivity index (χ0n) is 10.3. The minimum absolute atomic E-state index is 0.311. The van der Waals surface area contributed by atoms with E-state index < -0.39 is 29.3 Å². The Morgan fingerprint density at radius 2 is 1.89 bits per heavy atom. The van der Waals surface area contributed by atoms with Gasteiger partial charge in [-0.15, -0.1) is 0 Å². The van der Waals surface area contributed by atoms with Crippen molar-refractivity contribution in [3.8, 4) is 6.07 Å². The van der Waals surface area contributed by atoms with Crippen molar-refractivity contribution in [2.24, 2.45) is 11.8 Å². The number of ketones is 1. The fourth-order valence-electron chi connectivity index (χ4n) is 1.59. The maximum absolute atomic E-state index is 13.1. The number of hydrogen-bond donors (Lipinski definition) is 0. The monoisotopic (exact) mass is 273 g/mol. The van der Waals surface area contributed by atoms with Gasteiger partial charge in [0.25, 0.3) is 0 Å². The van der Waals surface area contributed by atoms with Crippen LogP contribution in [0.1, 0.15) is 29.8 Å². The number of Topliss-reactive ketones (excluding diaryl/α,β-unsaturated/α-hetero) is 1. The van der Waals surface area contributed by atoms with Gasteiger partial charge in [-0.2, -0.15) is 18.4 Å². The number of carbonyl (C=O) groups excluding carboxylic acids is 1. The molecule has 0 aliphatic rings. The highest BCUT2D eigenvalue weighted by atomic mass is 19.4. The van der Waals surface area contributed by atoms with Gasteiger partial charge in [-0.1, -0.05) is 13.8 Å². The summed E-state index contributed by atoms with van der Waals surface area (Å²) in [5, 5.41) is 8.84. The van der Waals surface area contributed by atoms with Crippen LogP contribution in [-0.4, -0.2) is 5.78 Å². The zero-order chi connectivity index (χ0) is 14.8. The first-order chi connectivity index (χ1) is 8.68. The molecule has 0 aliphatic carbocycles. The van der Waals surface area contributed by atoms with E-state index in [1.54, 1.807) is 19.9 Å². The van der Waals surface area contributed by atoms with Crippen molar-refractivity contribution >= 4 is 5.78 Å². The summed E-state index contributed by atoms with van der Waals surface area (Å²) in [6, 6.07) is 3.74. The van der Waals surface area contributed by atoms with Crippen molar-refractivity contribution in [3.05, 3.63) is 35.1 Å². The van der Waals surface area contributed by atoms with Crippen LogP contribution in [0.4, 0.5) is 17.6 Å². The molecule has 1 aromatic carbocycles. The Morgan fingerprint density at radius 1 is 1.32 bits per heavy atom. The number of halogens is 4. The molecular formula is C13H11F4NO. The van der Waals surface area contributed by atoms with E-state index in [1.807, 2.05) is 0 Å². The summed E-state index contributed by atoms with van der Waals surface area (Å²) < 4.78 is 50.6. The summed E-state index contributed by atoms with van der Waals surface area (Å²) >= 11 is 0. The van der Waals surface area contributed by atoms with E-state index in [0.717, 1.165) is 6.07 Å². The summed E-state index contributed by atoms with van der Waals surface area (Å²) in [6.07, 6.45) is -4.87. The second kappa shape index (κ2) is 5.39. The van der Waals surface area contributed by atoms with Gasteiger partial charge in [-0.3, -0.25) is 4.79 Å². The van der Waals surface area contributed by atoms with Crippen LogP contribution < -0.4 is 0 Å². The topological polar surface area (TPSA) is 40.9 Å². The lowest BCUT2D eigenvalue weighted by Crippen LogP contribution is -2.20. The number of hydrogen-bond acceptors (Lipinski definition) is 2. The van der Waals surface area contributed by atoms with Gasteiger partial charge < -0.3 is 0 Å². The van der Waals surface area contributed by atoms with Gasteiger partial charge in [0.2, 0.25) is 0 Å². The van der Waals surface area contributed by atoms with E-state index in [9.17, 15) is 22.4 Å². The number of benzene rings is 1. The fourth-order valence-corrected chi connectivity index (χ4v) is 1.59. The second-order valence-corrected chi connectivity index (χ2v) is 4.41. The van der Waals surface area contributed by atoms with Crippen molar-refractivity contribution in [2.75, 3.05) is 0 Å². The minimum Gasteiger partial charge on any atom is -0.293 e. The average molecular weight is 273 g/mol. The first-order valence-corrected chi connectivity index (χ1v) is 5.49. The molecule has 1 aromatic rings. The molecule has 1 atom stereocenters. The third-order valence-corrected chi connectivity index (χ3v) is 2.64. The third kappa shape index (κ3) is 3.31. The van der Waals surface area contributed by atoms with Gasteiger partial charge in [0, 0.05) is 5.56 Å². The van der Waals surface area contributed by atoms with Crippen LogP contribution in [0.25, 0.3) is 0 Å². The molecule has 0 N–H and O–H groups in total. The van der Waals surface area contributed by atoms with Crippen molar-refractivity contribution in [1.82, 2.24) is 0 Å². The van der Waals surface area contributed by atoms with Gasteiger partial charge in [0.05, 0.1) is 11.6 Å². The molecule has 0 bridgehead atoms. The first kappa shape index (κ1) is 15.2. The molecule has 0 saturated heterocycles. The highest BCUT2D eigenvalue weighted by molar-refractivity contribution is 5.99. The number of nitriles is 1. The standard InChI is InChI=1S/C13H11F4NO/c1-7(2)9(6-18)12(19)8-3-4-11(14)10(5-8)13(15,16)17/h3-5,7,9H,1-2H3. The quantitative estimate of drug-likeness (QED) is 0.620. The van der Waals surface area contributed by atoms with Crippen molar-refractivity contribution in [1.29, 1.82) is 5.26 Å². The SMILES string of the molecule is CC(C)C(C#N)C(=O)c1ccc(F)c(C(F)(F)F)c1.